The van der Waals surface area contributed by atoms with Crippen molar-refractivity contribution in [2.45, 2.75) is 37.2 Å². The zero-order chi connectivity index (χ0) is 24.4. The Morgan fingerprint density at radius 2 is 1.77 bits per heavy atom. The van der Waals surface area contributed by atoms with E-state index in [1.54, 1.807) is 24.3 Å². The number of ether oxygens (including phenoxy) is 4. The molecule has 3 aliphatic rings. The first-order valence-corrected chi connectivity index (χ1v) is 11.9. The molecule has 1 atom stereocenters. The third-order valence-corrected chi connectivity index (χ3v) is 6.88. The highest BCUT2D eigenvalue weighted by molar-refractivity contribution is 5.99. The largest absolute Gasteiger partial charge is 0.486 e. The van der Waals surface area contributed by atoms with Gasteiger partial charge < -0.3 is 29.2 Å². The molecule has 1 fully saturated rings. The first kappa shape index (κ1) is 23.0. The van der Waals surface area contributed by atoms with Crippen molar-refractivity contribution in [1.29, 1.82) is 0 Å². The van der Waals surface area contributed by atoms with E-state index in [1.807, 2.05) is 18.2 Å². The van der Waals surface area contributed by atoms with Crippen molar-refractivity contribution in [3.63, 3.8) is 0 Å². The summed E-state index contributed by atoms with van der Waals surface area (Å²) in [5.41, 5.74) is 0.521. The Bertz CT molecular complexity index is 1140. The topological polar surface area (TPSA) is 103 Å². The summed E-state index contributed by atoms with van der Waals surface area (Å²) in [6, 6.07) is 12.6. The summed E-state index contributed by atoms with van der Waals surface area (Å²) in [4.78, 5) is 40.3. The number of amides is 2. The molecule has 5 rings (SSSR count). The summed E-state index contributed by atoms with van der Waals surface area (Å²) in [7, 11) is 1.51. The van der Waals surface area contributed by atoms with Crippen LogP contribution in [0.2, 0.25) is 0 Å². The monoisotopic (exact) mass is 480 g/mol. The van der Waals surface area contributed by atoms with Gasteiger partial charge >= 0.3 is 5.97 Å². The van der Waals surface area contributed by atoms with Crippen LogP contribution in [0.25, 0.3) is 0 Å². The zero-order valence-electron chi connectivity index (χ0n) is 19.6. The highest BCUT2D eigenvalue weighted by Crippen LogP contribution is 2.45. The molecule has 35 heavy (non-hydrogen) atoms. The highest BCUT2D eigenvalue weighted by Gasteiger charge is 2.45. The highest BCUT2D eigenvalue weighted by atomic mass is 16.6. The molecule has 0 saturated heterocycles. The number of hydrogen-bond acceptors (Lipinski definition) is 7. The summed E-state index contributed by atoms with van der Waals surface area (Å²) in [6.45, 7) is 0.549. The number of likely N-dealkylation sites (N-methyl/N-ethyl adjacent to an activating group) is 1. The van der Waals surface area contributed by atoms with Crippen LogP contribution in [-0.2, 0) is 24.5 Å². The lowest BCUT2D eigenvalue weighted by atomic mass is 9.78. The van der Waals surface area contributed by atoms with Crippen molar-refractivity contribution >= 4 is 23.5 Å². The van der Waals surface area contributed by atoms with Crippen LogP contribution >= 0.6 is 0 Å². The van der Waals surface area contributed by atoms with Crippen molar-refractivity contribution in [3.05, 3.63) is 48.0 Å². The van der Waals surface area contributed by atoms with Gasteiger partial charge in [-0.05, 0) is 42.7 Å². The van der Waals surface area contributed by atoms with Gasteiger partial charge in [-0.1, -0.05) is 31.0 Å². The Morgan fingerprint density at radius 3 is 2.54 bits per heavy atom. The van der Waals surface area contributed by atoms with Gasteiger partial charge in [-0.25, -0.2) is 0 Å². The Kier molecular flexibility index (Phi) is 6.23. The lowest BCUT2D eigenvalue weighted by molar-refractivity contribution is -0.154. The van der Waals surface area contributed by atoms with Crippen molar-refractivity contribution in [1.82, 2.24) is 5.32 Å². The predicted molar refractivity (Wildman–Crippen MR) is 126 cm³/mol. The minimum absolute atomic E-state index is 0.0281. The second kappa shape index (κ2) is 9.48. The van der Waals surface area contributed by atoms with E-state index in [0.29, 0.717) is 49.0 Å². The minimum atomic E-state index is -0.853. The molecule has 1 aliphatic carbocycles. The maximum atomic E-state index is 13.4. The first-order valence-electron chi connectivity index (χ1n) is 11.9. The van der Waals surface area contributed by atoms with Crippen LogP contribution in [0, 0.1) is 0 Å². The number of hydrogen-bond donors (Lipinski definition) is 1. The molecule has 2 aliphatic heterocycles. The molecule has 184 valence electrons. The van der Waals surface area contributed by atoms with Crippen molar-refractivity contribution in [2.75, 3.05) is 38.3 Å². The number of nitrogens with one attached hydrogen (secondary N) is 1. The lowest BCUT2D eigenvalue weighted by Gasteiger charge is -2.34. The number of carbonyl (C=O) groups is 3. The van der Waals surface area contributed by atoms with Gasteiger partial charge in [0.25, 0.3) is 11.8 Å². The number of fused-ring (bicyclic) bond motifs is 2. The Balaban J connectivity index is 1.33. The van der Waals surface area contributed by atoms with E-state index in [4.69, 9.17) is 18.9 Å². The number of rotatable bonds is 5. The molecule has 2 heterocycles. The third-order valence-electron chi connectivity index (χ3n) is 6.88. The standard InChI is InChI=1S/C26H28N2O7/c1-27-24(30)22-15-28(18-6-2-3-7-19(18)35-22)23(29)16-34-25(31)26(10-4-5-11-26)17-8-9-20-21(14-17)33-13-12-32-20/h2-3,6-9,14,22H,4-5,10-13,15-16H2,1H3,(H,27,30). The lowest BCUT2D eigenvalue weighted by Crippen LogP contribution is -2.51. The van der Waals surface area contributed by atoms with Crippen LogP contribution in [0.5, 0.6) is 17.2 Å². The van der Waals surface area contributed by atoms with E-state index in [2.05, 4.69) is 5.32 Å². The van der Waals surface area contributed by atoms with Gasteiger partial charge in [0, 0.05) is 7.05 Å². The number of benzene rings is 2. The third kappa shape index (κ3) is 4.26. The number of anilines is 1. The molecule has 0 aromatic heterocycles. The quantitative estimate of drug-likeness (QED) is 0.656. The fourth-order valence-corrected chi connectivity index (χ4v) is 5.04. The molecular weight excluding hydrogens is 452 g/mol. The average Bonchev–Trinajstić information content (AvgIpc) is 3.41. The molecule has 1 N–H and O–H groups in total. The van der Waals surface area contributed by atoms with Crippen LogP contribution in [0.4, 0.5) is 5.69 Å². The molecule has 2 amide bonds. The molecule has 0 radical (unpaired) electrons. The summed E-state index contributed by atoms with van der Waals surface area (Å²) < 4.78 is 22.7. The number of esters is 1. The van der Waals surface area contributed by atoms with E-state index in [9.17, 15) is 14.4 Å². The van der Waals surface area contributed by atoms with Crippen LogP contribution < -0.4 is 24.4 Å². The van der Waals surface area contributed by atoms with Gasteiger partial charge in [0.15, 0.2) is 24.2 Å². The van der Waals surface area contributed by atoms with Gasteiger partial charge in [0.05, 0.1) is 17.6 Å². The predicted octanol–water partition coefficient (Wildman–Crippen LogP) is 2.35. The van der Waals surface area contributed by atoms with E-state index in [0.717, 1.165) is 18.4 Å². The van der Waals surface area contributed by atoms with Gasteiger partial charge in [-0.3, -0.25) is 14.4 Å². The molecule has 2 aromatic carbocycles. The minimum Gasteiger partial charge on any atom is -0.486 e. The van der Waals surface area contributed by atoms with Crippen LogP contribution in [0.15, 0.2) is 42.5 Å². The molecule has 2 aromatic rings. The number of para-hydroxylation sites is 2. The molecule has 9 nitrogen and oxygen atoms in total. The second-order valence-electron chi connectivity index (χ2n) is 8.92. The summed E-state index contributed by atoms with van der Waals surface area (Å²) >= 11 is 0. The SMILES string of the molecule is CNC(=O)C1CN(C(=O)COC(=O)C2(c3ccc4c(c3)OCCO4)CCCC2)c2ccccc2O1. The Labute approximate surface area is 203 Å². The summed E-state index contributed by atoms with van der Waals surface area (Å²) in [6.07, 6.45) is 2.20. The van der Waals surface area contributed by atoms with E-state index in [-0.39, 0.29) is 12.5 Å². The molecule has 9 heteroatoms. The Hall–Kier alpha value is -3.75. The van der Waals surface area contributed by atoms with Crippen LogP contribution in [0.1, 0.15) is 31.2 Å². The molecule has 0 bridgehead atoms. The van der Waals surface area contributed by atoms with Gasteiger partial charge in [0.2, 0.25) is 0 Å². The Morgan fingerprint density at radius 1 is 1.03 bits per heavy atom. The molecule has 1 unspecified atom stereocenters. The van der Waals surface area contributed by atoms with Crippen LogP contribution in [0.3, 0.4) is 0 Å². The maximum Gasteiger partial charge on any atom is 0.317 e. The van der Waals surface area contributed by atoms with Crippen molar-refractivity contribution in [2.24, 2.45) is 0 Å². The second-order valence-corrected chi connectivity index (χ2v) is 8.92. The van der Waals surface area contributed by atoms with E-state index < -0.39 is 30.0 Å². The summed E-state index contributed by atoms with van der Waals surface area (Å²) in [5.74, 6) is 0.526. The fourth-order valence-electron chi connectivity index (χ4n) is 5.04. The average molecular weight is 481 g/mol. The summed E-state index contributed by atoms with van der Waals surface area (Å²) in [5, 5.41) is 2.55. The van der Waals surface area contributed by atoms with Gasteiger partial charge in [0.1, 0.15) is 19.0 Å². The number of nitrogens with zero attached hydrogens (tertiary/aromatic N) is 1. The maximum absolute atomic E-state index is 13.4. The van der Waals surface area contributed by atoms with Crippen LogP contribution in [-0.4, -0.2) is 57.3 Å². The van der Waals surface area contributed by atoms with Gasteiger partial charge in [-0.15, -0.1) is 0 Å². The van der Waals surface area contributed by atoms with E-state index in [1.165, 1.54) is 11.9 Å². The smallest absolute Gasteiger partial charge is 0.317 e. The fraction of sp³-hybridized carbons (Fsp3) is 0.423. The number of carbonyl (C=O) groups excluding carboxylic acids is 3. The zero-order valence-corrected chi connectivity index (χ0v) is 19.6. The van der Waals surface area contributed by atoms with Crippen molar-refractivity contribution in [3.8, 4) is 17.2 Å². The molecule has 1 saturated carbocycles. The van der Waals surface area contributed by atoms with E-state index >= 15 is 0 Å². The molecule has 0 spiro atoms. The van der Waals surface area contributed by atoms with Crippen molar-refractivity contribution < 1.29 is 33.3 Å². The molecular formula is C26H28N2O7. The first-order chi connectivity index (χ1) is 17.0. The van der Waals surface area contributed by atoms with Gasteiger partial charge in [-0.2, -0.15) is 0 Å². The normalized spacial score (nSPS) is 19.8.